The molecule has 2 aromatic heterocycles. The normalized spacial score (nSPS) is 13.2. The van der Waals surface area contributed by atoms with Crippen molar-refractivity contribution in [2.45, 2.75) is 6.42 Å². The van der Waals surface area contributed by atoms with E-state index >= 15 is 0 Å². The summed E-state index contributed by atoms with van der Waals surface area (Å²) in [5.74, 6) is 0.904. The van der Waals surface area contributed by atoms with Crippen molar-refractivity contribution in [3.63, 3.8) is 0 Å². The van der Waals surface area contributed by atoms with Crippen LogP contribution in [0.5, 0.6) is 5.75 Å². The van der Waals surface area contributed by atoms with Crippen LogP contribution < -0.4 is 4.74 Å². The molecule has 1 N–H and O–H groups in total. The van der Waals surface area contributed by atoms with E-state index in [0.29, 0.717) is 17.7 Å². The number of aromatic amines is 1. The summed E-state index contributed by atoms with van der Waals surface area (Å²) in [6.07, 6.45) is 6.04. The molecule has 98 valence electrons. The molecule has 1 aromatic carbocycles. The van der Waals surface area contributed by atoms with Gasteiger partial charge in [0.25, 0.3) is 0 Å². The summed E-state index contributed by atoms with van der Waals surface area (Å²) in [6, 6.07) is 7.49. The number of benzene rings is 1. The molecule has 0 amide bonds. The van der Waals surface area contributed by atoms with Crippen LogP contribution in [0.4, 0.5) is 0 Å². The molecule has 0 fully saturated rings. The van der Waals surface area contributed by atoms with Crippen molar-refractivity contribution in [2.75, 3.05) is 6.61 Å². The number of carbonyl (C=O) groups excluding carboxylic acids is 1. The Labute approximate surface area is 115 Å². The summed E-state index contributed by atoms with van der Waals surface area (Å²) in [5.41, 5.74) is 3.38. The highest BCUT2D eigenvalue weighted by molar-refractivity contribution is 6.16. The summed E-state index contributed by atoms with van der Waals surface area (Å²) in [6.45, 7) is 0.698. The molecule has 20 heavy (non-hydrogen) atoms. The van der Waals surface area contributed by atoms with E-state index in [2.05, 4.69) is 9.97 Å². The number of rotatable bonds is 2. The summed E-state index contributed by atoms with van der Waals surface area (Å²) >= 11 is 0. The fraction of sp³-hybridized carbons (Fsp3) is 0.125. The third-order valence-corrected chi connectivity index (χ3v) is 3.68. The first-order chi connectivity index (χ1) is 9.83. The van der Waals surface area contributed by atoms with E-state index in [9.17, 15) is 4.79 Å². The minimum absolute atomic E-state index is 0.0129. The SMILES string of the molecule is O=C(c1ccc2c(c1)CCO2)c1c[nH]c2ccncc12. The first kappa shape index (κ1) is 11.2. The minimum Gasteiger partial charge on any atom is -0.493 e. The monoisotopic (exact) mass is 264 g/mol. The maximum atomic E-state index is 12.6. The number of fused-ring (bicyclic) bond motifs is 2. The third kappa shape index (κ3) is 1.61. The van der Waals surface area contributed by atoms with Gasteiger partial charge in [0.2, 0.25) is 0 Å². The molecule has 0 saturated heterocycles. The first-order valence-electron chi connectivity index (χ1n) is 6.54. The van der Waals surface area contributed by atoms with Crippen LogP contribution in [-0.2, 0) is 6.42 Å². The number of H-pyrrole nitrogens is 1. The molecule has 4 heteroatoms. The lowest BCUT2D eigenvalue weighted by molar-refractivity contribution is 0.104. The van der Waals surface area contributed by atoms with Crippen LogP contribution >= 0.6 is 0 Å². The minimum atomic E-state index is 0.0129. The van der Waals surface area contributed by atoms with Crippen LogP contribution in [0.25, 0.3) is 10.9 Å². The molecule has 3 heterocycles. The Bertz CT molecular complexity index is 820. The fourth-order valence-corrected chi connectivity index (χ4v) is 2.63. The Kier molecular flexibility index (Phi) is 2.36. The second-order valence-corrected chi connectivity index (χ2v) is 4.87. The Hall–Kier alpha value is -2.62. The van der Waals surface area contributed by atoms with Crippen LogP contribution in [-0.4, -0.2) is 22.4 Å². The Morgan fingerprint density at radius 3 is 3.20 bits per heavy atom. The second-order valence-electron chi connectivity index (χ2n) is 4.87. The number of ketones is 1. The third-order valence-electron chi connectivity index (χ3n) is 3.68. The molecule has 4 nitrogen and oxygen atoms in total. The number of hydrogen-bond acceptors (Lipinski definition) is 3. The molecule has 3 aromatic rings. The highest BCUT2D eigenvalue weighted by Gasteiger charge is 2.18. The van der Waals surface area contributed by atoms with Crippen molar-refractivity contribution in [2.24, 2.45) is 0 Å². The van der Waals surface area contributed by atoms with E-state index in [-0.39, 0.29) is 5.78 Å². The summed E-state index contributed by atoms with van der Waals surface area (Å²) in [4.78, 5) is 19.8. The van der Waals surface area contributed by atoms with Gasteiger partial charge in [0.05, 0.1) is 6.61 Å². The molecule has 0 unspecified atom stereocenters. The van der Waals surface area contributed by atoms with Gasteiger partial charge in [-0.15, -0.1) is 0 Å². The maximum Gasteiger partial charge on any atom is 0.195 e. The Morgan fingerprint density at radius 1 is 1.30 bits per heavy atom. The van der Waals surface area contributed by atoms with Gasteiger partial charge in [-0.25, -0.2) is 0 Å². The zero-order valence-electron chi connectivity index (χ0n) is 10.7. The summed E-state index contributed by atoms with van der Waals surface area (Å²) < 4.78 is 5.47. The van der Waals surface area contributed by atoms with E-state index in [1.165, 1.54) is 0 Å². The molecule has 0 bridgehead atoms. The fourth-order valence-electron chi connectivity index (χ4n) is 2.63. The van der Waals surface area contributed by atoms with Crippen molar-refractivity contribution in [3.05, 3.63) is 59.5 Å². The molecular weight excluding hydrogens is 252 g/mol. The van der Waals surface area contributed by atoms with Crippen LogP contribution in [0.1, 0.15) is 21.5 Å². The van der Waals surface area contributed by atoms with Crippen molar-refractivity contribution < 1.29 is 9.53 Å². The Balaban J connectivity index is 1.80. The predicted octanol–water partition coefficient (Wildman–Crippen LogP) is 2.73. The van der Waals surface area contributed by atoms with Crippen LogP contribution in [0, 0.1) is 0 Å². The summed E-state index contributed by atoms with van der Waals surface area (Å²) in [5, 5.41) is 0.856. The number of nitrogens with zero attached hydrogens (tertiary/aromatic N) is 1. The van der Waals surface area contributed by atoms with Crippen molar-refractivity contribution >= 4 is 16.7 Å². The number of hydrogen-bond donors (Lipinski definition) is 1. The molecule has 4 rings (SSSR count). The standard InChI is InChI=1S/C16H12N2O2/c19-16(11-1-2-15-10(7-11)4-6-20-15)13-9-18-14-3-5-17-8-12(13)14/h1-3,5,7-9,18H,4,6H2. The molecule has 1 aliphatic rings. The van der Waals surface area contributed by atoms with Crippen molar-refractivity contribution in [1.82, 2.24) is 9.97 Å². The largest absolute Gasteiger partial charge is 0.493 e. The quantitative estimate of drug-likeness (QED) is 0.724. The molecule has 1 aliphatic heterocycles. The first-order valence-corrected chi connectivity index (χ1v) is 6.54. The molecule has 0 radical (unpaired) electrons. The van der Waals surface area contributed by atoms with Gasteiger partial charge >= 0.3 is 0 Å². The Morgan fingerprint density at radius 2 is 2.25 bits per heavy atom. The lowest BCUT2D eigenvalue weighted by atomic mass is 10.0. The van der Waals surface area contributed by atoms with Crippen LogP contribution in [0.15, 0.2) is 42.9 Å². The van der Waals surface area contributed by atoms with Gasteiger partial charge < -0.3 is 9.72 Å². The van der Waals surface area contributed by atoms with Crippen molar-refractivity contribution in [3.8, 4) is 5.75 Å². The maximum absolute atomic E-state index is 12.6. The van der Waals surface area contributed by atoms with E-state index in [1.54, 1.807) is 18.6 Å². The predicted molar refractivity (Wildman–Crippen MR) is 75.2 cm³/mol. The second kappa shape index (κ2) is 4.20. The highest BCUT2D eigenvalue weighted by atomic mass is 16.5. The topological polar surface area (TPSA) is 55.0 Å². The van der Waals surface area contributed by atoms with E-state index < -0.39 is 0 Å². The van der Waals surface area contributed by atoms with Gasteiger partial charge in [0.15, 0.2) is 5.78 Å². The molecule has 0 saturated carbocycles. The molecule has 0 atom stereocenters. The molecule has 0 spiro atoms. The van der Waals surface area contributed by atoms with Gasteiger partial charge in [-0.3, -0.25) is 9.78 Å². The number of carbonyl (C=O) groups is 1. The zero-order valence-corrected chi connectivity index (χ0v) is 10.7. The van der Waals surface area contributed by atoms with Crippen molar-refractivity contribution in [1.29, 1.82) is 0 Å². The smallest absolute Gasteiger partial charge is 0.195 e. The van der Waals surface area contributed by atoms with Gasteiger partial charge in [0, 0.05) is 47.0 Å². The molecular formula is C16H12N2O2. The lowest BCUT2D eigenvalue weighted by Crippen LogP contribution is -2.00. The number of aromatic nitrogens is 2. The number of pyridine rings is 1. The number of ether oxygens (including phenoxy) is 1. The highest BCUT2D eigenvalue weighted by Crippen LogP contribution is 2.28. The van der Waals surface area contributed by atoms with Crippen LogP contribution in [0.2, 0.25) is 0 Å². The van der Waals surface area contributed by atoms with Gasteiger partial charge in [-0.1, -0.05) is 0 Å². The van der Waals surface area contributed by atoms with Gasteiger partial charge in [0.1, 0.15) is 5.75 Å². The van der Waals surface area contributed by atoms with Gasteiger partial charge in [-0.2, -0.15) is 0 Å². The lowest BCUT2D eigenvalue weighted by Gasteiger charge is -2.03. The average molecular weight is 264 g/mol. The van der Waals surface area contributed by atoms with Crippen LogP contribution in [0.3, 0.4) is 0 Å². The number of nitrogens with one attached hydrogen (secondary N) is 1. The van der Waals surface area contributed by atoms with E-state index in [4.69, 9.17) is 4.74 Å². The van der Waals surface area contributed by atoms with E-state index in [1.807, 2.05) is 24.3 Å². The van der Waals surface area contributed by atoms with E-state index in [0.717, 1.165) is 28.6 Å². The summed E-state index contributed by atoms with van der Waals surface area (Å²) in [7, 11) is 0. The van der Waals surface area contributed by atoms with Gasteiger partial charge in [-0.05, 0) is 29.8 Å². The average Bonchev–Trinajstić information content (AvgIpc) is 3.12. The molecule has 0 aliphatic carbocycles. The zero-order chi connectivity index (χ0) is 13.5.